The van der Waals surface area contributed by atoms with Gasteiger partial charge in [0, 0.05) is 33.0 Å². The fourth-order valence-corrected chi connectivity index (χ4v) is 8.33. The number of para-hydroxylation sites is 1. The number of oxazole rings is 1. The lowest BCUT2D eigenvalue weighted by atomic mass is 9.93. The number of hydrogen-bond donors (Lipinski definition) is 0. The van der Waals surface area contributed by atoms with Crippen molar-refractivity contribution in [1.29, 1.82) is 0 Å². The third-order valence-electron chi connectivity index (χ3n) is 11.1. The summed E-state index contributed by atoms with van der Waals surface area (Å²) in [4.78, 5) is 21.2. The highest BCUT2D eigenvalue weighted by Gasteiger charge is 2.26. The Balaban J connectivity index is 1.18. The van der Waals surface area contributed by atoms with Gasteiger partial charge in [0.15, 0.2) is 23.1 Å². The van der Waals surface area contributed by atoms with Crippen molar-refractivity contribution in [2.75, 3.05) is 0 Å². The average molecular weight is 743 g/mol. The molecule has 0 bridgehead atoms. The molecule has 0 unspecified atom stereocenters. The lowest BCUT2D eigenvalue weighted by Crippen LogP contribution is -2.02. The van der Waals surface area contributed by atoms with Gasteiger partial charge < -0.3 is 8.83 Å². The fourth-order valence-electron chi connectivity index (χ4n) is 8.33. The Bertz CT molecular complexity index is 3590. The molecule has 3 heterocycles. The number of hydrogen-bond acceptors (Lipinski definition) is 6. The molecule has 0 saturated carbocycles. The maximum atomic E-state index is 6.74. The van der Waals surface area contributed by atoms with Gasteiger partial charge in [-0.15, -0.1) is 0 Å². The Kier molecular flexibility index (Phi) is 7.13. The molecule has 0 amide bonds. The van der Waals surface area contributed by atoms with Crippen LogP contribution in [-0.4, -0.2) is 19.9 Å². The van der Waals surface area contributed by atoms with Crippen LogP contribution in [-0.2, 0) is 0 Å². The first kappa shape index (κ1) is 32.3. The van der Waals surface area contributed by atoms with Crippen LogP contribution in [0.15, 0.2) is 191 Å². The minimum absolute atomic E-state index is 0.438. The summed E-state index contributed by atoms with van der Waals surface area (Å²) in [7, 11) is 0. The van der Waals surface area contributed by atoms with E-state index >= 15 is 0 Å². The van der Waals surface area contributed by atoms with Crippen LogP contribution in [0, 0.1) is 0 Å². The van der Waals surface area contributed by atoms with Crippen LogP contribution in [0.4, 0.5) is 0 Å². The fraction of sp³-hybridized carbons (Fsp3) is 0. The van der Waals surface area contributed by atoms with E-state index in [4.69, 9.17) is 28.8 Å². The second kappa shape index (κ2) is 12.8. The number of rotatable bonds is 5. The molecule has 0 saturated heterocycles. The summed E-state index contributed by atoms with van der Waals surface area (Å²) in [6, 6.07) is 62.5. The molecule has 0 N–H and O–H groups in total. The van der Waals surface area contributed by atoms with Crippen LogP contribution in [0.5, 0.6) is 0 Å². The number of aromatic nitrogens is 4. The highest BCUT2D eigenvalue weighted by molar-refractivity contribution is 6.16. The van der Waals surface area contributed by atoms with Gasteiger partial charge in [0.1, 0.15) is 16.7 Å². The number of furan rings is 1. The van der Waals surface area contributed by atoms with Gasteiger partial charge in [-0.2, -0.15) is 0 Å². The van der Waals surface area contributed by atoms with Crippen molar-refractivity contribution >= 4 is 65.4 Å². The predicted molar refractivity (Wildman–Crippen MR) is 234 cm³/mol. The van der Waals surface area contributed by atoms with Crippen molar-refractivity contribution in [3.05, 3.63) is 182 Å². The molecule has 0 fully saturated rings. The quantitative estimate of drug-likeness (QED) is 0.175. The van der Waals surface area contributed by atoms with Gasteiger partial charge in [-0.05, 0) is 74.3 Å². The van der Waals surface area contributed by atoms with E-state index in [0.717, 1.165) is 76.5 Å². The first-order valence-electron chi connectivity index (χ1n) is 19.3. The summed E-state index contributed by atoms with van der Waals surface area (Å²) in [5.74, 6) is 2.02. The van der Waals surface area contributed by atoms with Gasteiger partial charge in [0.05, 0.1) is 5.56 Å². The molecule has 0 aliphatic rings. The van der Waals surface area contributed by atoms with Crippen LogP contribution in [0.25, 0.3) is 122 Å². The molecular weight excluding hydrogens is 713 g/mol. The first-order chi connectivity index (χ1) is 28.7. The largest absolute Gasteiger partial charge is 0.455 e. The molecular formula is C52H30N4O2. The van der Waals surface area contributed by atoms with Crippen LogP contribution in [0.2, 0.25) is 0 Å². The monoisotopic (exact) mass is 742 g/mol. The van der Waals surface area contributed by atoms with Crippen LogP contribution in [0.1, 0.15) is 0 Å². The molecule has 0 aliphatic heterocycles. The summed E-state index contributed by atoms with van der Waals surface area (Å²) >= 11 is 0. The molecule has 3 aromatic heterocycles. The van der Waals surface area contributed by atoms with Crippen LogP contribution < -0.4 is 0 Å². The highest BCUT2D eigenvalue weighted by Crippen LogP contribution is 2.43. The van der Waals surface area contributed by atoms with E-state index in [0.29, 0.717) is 45.6 Å². The van der Waals surface area contributed by atoms with E-state index in [1.165, 1.54) is 0 Å². The first-order valence-corrected chi connectivity index (χ1v) is 19.3. The molecule has 12 rings (SSSR count). The predicted octanol–water partition coefficient (Wildman–Crippen LogP) is 13.7. The third kappa shape index (κ3) is 5.20. The molecule has 0 aliphatic carbocycles. The zero-order chi connectivity index (χ0) is 38.2. The maximum Gasteiger partial charge on any atom is 0.227 e. The zero-order valence-corrected chi connectivity index (χ0v) is 30.9. The highest BCUT2D eigenvalue weighted by atomic mass is 16.4. The minimum atomic E-state index is 0.438. The van der Waals surface area contributed by atoms with E-state index in [2.05, 4.69) is 133 Å². The molecule has 0 spiro atoms. The van der Waals surface area contributed by atoms with Crippen molar-refractivity contribution in [3.8, 4) is 56.7 Å². The molecule has 270 valence electrons. The zero-order valence-electron chi connectivity index (χ0n) is 30.9. The smallest absolute Gasteiger partial charge is 0.227 e. The van der Waals surface area contributed by atoms with Gasteiger partial charge in [-0.3, -0.25) is 0 Å². The summed E-state index contributed by atoms with van der Waals surface area (Å²) in [6.07, 6.45) is 0. The Morgan fingerprint density at radius 1 is 0.328 bits per heavy atom. The molecule has 0 radical (unpaired) electrons. The average Bonchev–Trinajstić information content (AvgIpc) is 3.89. The standard InChI is InChI=1S/C52H30N4O2/c1-2-15-34(16-3-1)45-39-19-9-8-14-33(39)26-27-41(45)50-54-49(37-24-22-31-12-4-6-17-35(31)28-37)55-51(56-50)46-47-44(30-42-40-20-10-11-21-43(40)57-48(42)46)58-52(53-47)38-25-23-32-13-5-7-18-36(32)29-38/h1-30H. The third-order valence-corrected chi connectivity index (χ3v) is 11.1. The van der Waals surface area contributed by atoms with Crippen LogP contribution in [0.3, 0.4) is 0 Å². The molecule has 6 nitrogen and oxygen atoms in total. The molecule has 6 heteroatoms. The molecule has 58 heavy (non-hydrogen) atoms. The Morgan fingerprint density at radius 2 is 0.931 bits per heavy atom. The number of fused-ring (bicyclic) bond motifs is 7. The number of benzene rings is 9. The summed E-state index contributed by atoms with van der Waals surface area (Å²) in [5.41, 5.74) is 8.01. The Labute approximate surface area is 331 Å². The van der Waals surface area contributed by atoms with Gasteiger partial charge >= 0.3 is 0 Å². The lowest BCUT2D eigenvalue weighted by molar-refractivity contribution is 0.620. The molecule has 0 atom stereocenters. The normalized spacial score (nSPS) is 11.8. The van der Waals surface area contributed by atoms with Gasteiger partial charge in [-0.25, -0.2) is 19.9 Å². The van der Waals surface area contributed by atoms with E-state index in [1.807, 2.05) is 48.5 Å². The second-order valence-corrected chi connectivity index (χ2v) is 14.6. The topological polar surface area (TPSA) is 77.8 Å². The van der Waals surface area contributed by atoms with E-state index < -0.39 is 0 Å². The summed E-state index contributed by atoms with van der Waals surface area (Å²) in [6.45, 7) is 0. The van der Waals surface area contributed by atoms with E-state index in [-0.39, 0.29) is 0 Å². The summed E-state index contributed by atoms with van der Waals surface area (Å²) < 4.78 is 13.4. The van der Waals surface area contributed by atoms with E-state index in [1.54, 1.807) is 0 Å². The Morgan fingerprint density at radius 3 is 1.72 bits per heavy atom. The van der Waals surface area contributed by atoms with Gasteiger partial charge in [0.25, 0.3) is 0 Å². The van der Waals surface area contributed by atoms with Crippen molar-refractivity contribution in [1.82, 2.24) is 19.9 Å². The van der Waals surface area contributed by atoms with Crippen molar-refractivity contribution in [2.24, 2.45) is 0 Å². The van der Waals surface area contributed by atoms with E-state index in [9.17, 15) is 0 Å². The van der Waals surface area contributed by atoms with Crippen molar-refractivity contribution < 1.29 is 8.83 Å². The second-order valence-electron chi connectivity index (χ2n) is 14.6. The lowest BCUT2D eigenvalue weighted by Gasteiger charge is -2.15. The Hall–Kier alpha value is -7.96. The van der Waals surface area contributed by atoms with Gasteiger partial charge in [0.2, 0.25) is 5.89 Å². The van der Waals surface area contributed by atoms with Crippen molar-refractivity contribution in [3.63, 3.8) is 0 Å². The minimum Gasteiger partial charge on any atom is -0.455 e. The maximum absolute atomic E-state index is 6.74. The molecule has 12 aromatic rings. The van der Waals surface area contributed by atoms with Crippen molar-refractivity contribution in [2.45, 2.75) is 0 Å². The summed E-state index contributed by atoms with van der Waals surface area (Å²) in [5, 5.41) is 8.59. The number of nitrogens with zero attached hydrogens (tertiary/aromatic N) is 4. The van der Waals surface area contributed by atoms with Gasteiger partial charge in [-0.1, -0.05) is 146 Å². The SMILES string of the molecule is c1ccc(-c2c(-c3nc(-c4ccc5ccccc5c4)nc(-c4c5nc(-c6ccc7ccccc7c6)oc5cc5c4oc4ccccc45)n3)ccc3ccccc23)cc1. The molecule has 9 aromatic carbocycles. The van der Waals surface area contributed by atoms with Crippen LogP contribution >= 0.6 is 0 Å².